The molecule has 1 aliphatic carbocycles. The molecule has 0 amide bonds. The van der Waals surface area contributed by atoms with Crippen LogP contribution in [-0.2, 0) is 10.0 Å². The molecule has 98 valence electrons. The maximum atomic E-state index is 12.5. The molecule has 3 rings (SSSR count). The highest BCUT2D eigenvalue weighted by Crippen LogP contribution is 2.58. The molecule has 0 N–H and O–H groups in total. The Bertz CT molecular complexity index is 613. The van der Waals surface area contributed by atoms with Gasteiger partial charge in [0.2, 0.25) is 10.0 Å². The monoisotopic (exact) mass is 329 g/mol. The normalized spacial score (nSPS) is 31.4. The zero-order chi connectivity index (χ0) is 13.1. The number of fused-ring (bicyclic) bond motifs is 1. The Hall–Kier alpha value is -0.390. The molecule has 0 spiro atoms. The lowest BCUT2D eigenvalue weighted by atomic mass is 10.1. The highest BCUT2D eigenvalue weighted by Gasteiger charge is 2.58. The van der Waals surface area contributed by atoms with Crippen molar-refractivity contribution in [3.8, 4) is 0 Å². The number of hydrogen-bond acceptors (Lipinski definition) is 2. The Morgan fingerprint density at radius 3 is 2.72 bits per heavy atom. The Kier molecular flexibility index (Phi) is 2.67. The highest BCUT2D eigenvalue weighted by atomic mass is 79.9. The first-order valence-corrected chi connectivity index (χ1v) is 8.32. The van der Waals surface area contributed by atoms with Crippen molar-refractivity contribution in [2.45, 2.75) is 25.2 Å². The molecule has 0 radical (unpaired) electrons. The van der Waals surface area contributed by atoms with Gasteiger partial charge in [-0.2, -0.15) is 4.31 Å². The number of aryl methyl sites for hydroxylation is 1. The van der Waals surface area contributed by atoms with E-state index >= 15 is 0 Å². The minimum atomic E-state index is -3.31. The SMILES string of the molecule is Cc1cc(S(=O)(=O)N2C[C@@H]3C[C@]3(C)C2)ccc1Br. The summed E-state index contributed by atoms with van der Waals surface area (Å²) in [5.41, 5.74) is 1.20. The molecular weight excluding hydrogens is 314 g/mol. The van der Waals surface area contributed by atoms with Gasteiger partial charge in [-0.15, -0.1) is 0 Å². The number of piperidine rings is 1. The molecule has 1 aliphatic heterocycles. The zero-order valence-corrected chi connectivity index (χ0v) is 12.9. The summed E-state index contributed by atoms with van der Waals surface area (Å²) >= 11 is 3.40. The molecule has 1 heterocycles. The molecule has 1 aromatic carbocycles. The summed E-state index contributed by atoms with van der Waals surface area (Å²) in [6.45, 7) is 5.45. The van der Waals surface area contributed by atoms with Crippen LogP contribution in [0.1, 0.15) is 18.9 Å². The molecule has 1 aromatic rings. The third-order valence-corrected chi connectivity index (χ3v) is 6.96. The van der Waals surface area contributed by atoms with Crippen LogP contribution in [0, 0.1) is 18.3 Å². The molecule has 1 saturated carbocycles. The van der Waals surface area contributed by atoms with Crippen molar-refractivity contribution in [3.63, 3.8) is 0 Å². The van der Waals surface area contributed by atoms with Gasteiger partial charge in [-0.3, -0.25) is 0 Å². The first-order chi connectivity index (χ1) is 8.33. The Morgan fingerprint density at radius 1 is 1.44 bits per heavy atom. The largest absolute Gasteiger partial charge is 0.243 e. The van der Waals surface area contributed by atoms with Crippen molar-refractivity contribution >= 4 is 26.0 Å². The summed E-state index contributed by atoms with van der Waals surface area (Å²) in [5, 5.41) is 0. The van der Waals surface area contributed by atoms with Crippen LogP contribution in [0.15, 0.2) is 27.6 Å². The second-order valence-corrected chi connectivity index (χ2v) is 8.56. The van der Waals surface area contributed by atoms with E-state index in [1.807, 2.05) is 6.92 Å². The van der Waals surface area contributed by atoms with Gasteiger partial charge in [-0.25, -0.2) is 8.42 Å². The van der Waals surface area contributed by atoms with Gasteiger partial charge in [0.15, 0.2) is 0 Å². The first-order valence-electron chi connectivity index (χ1n) is 6.09. The molecule has 0 unspecified atom stereocenters. The fourth-order valence-corrected chi connectivity index (χ4v) is 4.76. The quantitative estimate of drug-likeness (QED) is 0.836. The van der Waals surface area contributed by atoms with Crippen molar-refractivity contribution < 1.29 is 8.42 Å². The van der Waals surface area contributed by atoms with E-state index in [9.17, 15) is 8.42 Å². The molecule has 2 fully saturated rings. The van der Waals surface area contributed by atoms with Gasteiger partial charge in [0.05, 0.1) is 4.90 Å². The van der Waals surface area contributed by atoms with Crippen molar-refractivity contribution in [2.75, 3.05) is 13.1 Å². The molecule has 1 saturated heterocycles. The predicted octanol–water partition coefficient (Wildman–Crippen LogP) is 2.79. The maximum Gasteiger partial charge on any atom is 0.243 e. The van der Waals surface area contributed by atoms with Gasteiger partial charge in [0, 0.05) is 17.6 Å². The van der Waals surface area contributed by atoms with E-state index in [4.69, 9.17) is 0 Å². The van der Waals surface area contributed by atoms with E-state index in [0.717, 1.165) is 10.0 Å². The third-order valence-electron chi connectivity index (χ3n) is 4.27. The minimum absolute atomic E-state index is 0.247. The van der Waals surface area contributed by atoms with Crippen LogP contribution in [0.4, 0.5) is 0 Å². The van der Waals surface area contributed by atoms with E-state index in [-0.39, 0.29) is 5.41 Å². The number of rotatable bonds is 2. The van der Waals surface area contributed by atoms with Crippen LogP contribution in [0.25, 0.3) is 0 Å². The molecule has 5 heteroatoms. The summed E-state index contributed by atoms with van der Waals surface area (Å²) in [6, 6.07) is 5.23. The molecular formula is C13H16BrNO2S. The Morgan fingerprint density at radius 2 is 2.17 bits per heavy atom. The fraction of sp³-hybridized carbons (Fsp3) is 0.538. The molecule has 3 nitrogen and oxygen atoms in total. The molecule has 18 heavy (non-hydrogen) atoms. The third kappa shape index (κ3) is 1.84. The van der Waals surface area contributed by atoms with Gasteiger partial charge in [0.25, 0.3) is 0 Å². The van der Waals surface area contributed by atoms with E-state index in [1.165, 1.54) is 6.42 Å². The Balaban J connectivity index is 1.93. The summed E-state index contributed by atoms with van der Waals surface area (Å²) < 4.78 is 27.6. The average Bonchev–Trinajstić information content (AvgIpc) is 2.80. The molecule has 2 aliphatic rings. The van der Waals surface area contributed by atoms with Crippen LogP contribution in [0.2, 0.25) is 0 Å². The maximum absolute atomic E-state index is 12.5. The van der Waals surface area contributed by atoms with Crippen LogP contribution in [-0.4, -0.2) is 25.8 Å². The number of hydrogen-bond donors (Lipinski definition) is 0. The van der Waals surface area contributed by atoms with E-state index < -0.39 is 10.0 Å². The van der Waals surface area contributed by atoms with Crippen molar-refractivity contribution in [3.05, 3.63) is 28.2 Å². The number of benzene rings is 1. The summed E-state index contributed by atoms with van der Waals surface area (Å²) in [5.74, 6) is 0.573. The van der Waals surface area contributed by atoms with E-state index in [1.54, 1.807) is 22.5 Å². The van der Waals surface area contributed by atoms with Crippen LogP contribution in [0.5, 0.6) is 0 Å². The average molecular weight is 330 g/mol. The number of sulfonamides is 1. The number of halogens is 1. The van der Waals surface area contributed by atoms with Crippen LogP contribution >= 0.6 is 15.9 Å². The highest BCUT2D eigenvalue weighted by molar-refractivity contribution is 9.10. The second-order valence-electron chi connectivity index (χ2n) is 5.76. The van der Waals surface area contributed by atoms with Crippen LogP contribution < -0.4 is 0 Å². The molecule has 0 aromatic heterocycles. The van der Waals surface area contributed by atoms with Gasteiger partial charge in [-0.05, 0) is 48.4 Å². The van der Waals surface area contributed by atoms with Gasteiger partial charge < -0.3 is 0 Å². The lowest BCUT2D eigenvalue weighted by molar-refractivity contribution is 0.414. The topological polar surface area (TPSA) is 37.4 Å². The summed E-state index contributed by atoms with van der Waals surface area (Å²) in [7, 11) is -3.31. The summed E-state index contributed by atoms with van der Waals surface area (Å²) in [6.07, 6.45) is 1.18. The second kappa shape index (κ2) is 3.81. The fourth-order valence-electron chi connectivity index (χ4n) is 2.81. The zero-order valence-electron chi connectivity index (χ0n) is 10.5. The van der Waals surface area contributed by atoms with Gasteiger partial charge in [0.1, 0.15) is 0 Å². The number of nitrogens with zero attached hydrogens (tertiary/aromatic N) is 1. The van der Waals surface area contributed by atoms with E-state index in [0.29, 0.717) is 23.9 Å². The minimum Gasteiger partial charge on any atom is -0.207 e. The smallest absolute Gasteiger partial charge is 0.207 e. The predicted molar refractivity (Wildman–Crippen MR) is 73.9 cm³/mol. The van der Waals surface area contributed by atoms with Crippen LogP contribution in [0.3, 0.4) is 0 Å². The van der Waals surface area contributed by atoms with Gasteiger partial charge >= 0.3 is 0 Å². The lowest BCUT2D eigenvalue weighted by Gasteiger charge is -2.19. The summed E-state index contributed by atoms with van der Waals surface area (Å²) in [4.78, 5) is 0.410. The standard InChI is InChI=1S/C13H16BrNO2S/c1-9-5-11(3-4-12(9)14)18(16,17)15-7-10-6-13(10,2)8-15/h3-5,10H,6-8H2,1-2H3/t10-,13+/m0/s1. The lowest BCUT2D eigenvalue weighted by Crippen LogP contribution is -2.31. The van der Waals surface area contributed by atoms with Crippen molar-refractivity contribution in [1.82, 2.24) is 4.31 Å². The van der Waals surface area contributed by atoms with Crippen molar-refractivity contribution in [1.29, 1.82) is 0 Å². The van der Waals surface area contributed by atoms with E-state index in [2.05, 4.69) is 22.9 Å². The van der Waals surface area contributed by atoms with Gasteiger partial charge in [-0.1, -0.05) is 22.9 Å². The molecule has 0 bridgehead atoms. The molecule has 2 atom stereocenters. The van der Waals surface area contributed by atoms with Crippen molar-refractivity contribution in [2.24, 2.45) is 11.3 Å². The first kappa shape index (κ1) is 12.6. The Labute approximate surface area is 116 Å².